The Balaban J connectivity index is 1.69. The topological polar surface area (TPSA) is 109 Å². The lowest BCUT2D eigenvalue weighted by Gasteiger charge is -2.24. The van der Waals surface area contributed by atoms with E-state index in [0.29, 0.717) is 39.2 Å². The van der Waals surface area contributed by atoms with Crippen molar-refractivity contribution in [2.75, 3.05) is 5.75 Å². The molecule has 0 fully saturated rings. The van der Waals surface area contributed by atoms with E-state index in [2.05, 4.69) is 0 Å². The first-order chi connectivity index (χ1) is 20.0. The number of hydrogen-bond acceptors (Lipinski definition) is 6. The molecule has 3 aromatic carbocycles. The summed E-state index contributed by atoms with van der Waals surface area (Å²) in [7, 11) is -8.20. The normalized spacial score (nSPS) is 12.5. The van der Waals surface area contributed by atoms with Crippen LogP contribution in [0.4, 0.5) is 13.2 Å². The predicted molar refractivity (Wildman–Crippen MR) is 158 cm³/mol. The SMILES string of the molecule is Cc1cc(C)c(S(=O)(=O)N(Cc2ccc(-c3cccc(S(=O)(=O)CC(=O)O)c3)cc2)Cc2csc(C(F)(F)F)c2)c(C)c1. The molecule has 1 N–H and O–H groups in total. The number of sulfonamides is 1. The molecule has 0 aliphatic heterocycles. The lowest BCUT2D eigenvalue weighted by atomic mass is 10.0. The van der Waals surface area contributed by atoms with E-state index in [1.165, 1.54) is 23.6 Å². The first-order valence-corrected chi connectivity index (χ1v) is 16.8. The third kappa shape index (κ3) is 7.53. The zero-order valence-corrected chi connectivity index (χ0v) is 25.8. The van der Waals surface area contributed by atoms with Crippen molar-refractivity contribution >= 4 is 37.2 Å². The molecular formula is C30H28F3NO6S3. The first kappa shape index (κ1) is 32.4. The summed E-state index contributed by atoms with van der Waals surface area (Å²) in [5.41, 5.74) is 3.79. The molecule has 0 bridgehead atoms. The van der Waals surface area contributed by atoms with Gasteiger partial charge in [-0.05, 0) is 77.7 Å². The smallest absolute Gasteiger partial charge is 0.425 e. The number of carbonyl (C=O) groups is 1. The standard InChI is InChI=1S/C30H28F3NO6S3/c1-19-11-20(2)29(21(3)12-19)43(39,40)34(16-23-13-27(41-17-23)30(31,32)33)15-22-7-9-24(10-8-22)25-5-4-6-26(14-25)42(37,38)18-28(35)36/h4-14,17H,15-16,18H2,1-3H3,(H,35,36). The van der Waals surface area contributed by atoms with Gasteiger partial charge in [-0.15, -0.1) is 11.3 Å². The summed E-state index contributed by atoms with van der Waals surface area (Å²) in [5.74, 6) is -2.52. The van der Waals surface area contributed by atoms with E-state index in [1.54, 1.807) is 56.3 Å². The van der Waals surface area contributed by atoms with Crippen LogP contribution in [0.1, 0.15) is 32.7 Å². The monoisotopic (exact) mass is 651 g/mol. The fourth-order valence-corrected chi connectivity index (χ4v) is 8.55. The second-order valence-electron chi connectivity index (χ2n) is 10.2. The summed E-state index contributed by atoms with van der Waals surface area (Å²) in [5, 5.41) is 10.2. The summed E-state index contributed by atoms with van der Waals surface area (Å²) in [6.45, 7) is 4.78. The first-order valence-electron chi connectivity index (χ1n) is 12.8. The summed E-state index contributed by atoms with van der Waals surface area (Å²) >= 11 is 0.503. The minimum atomic E-state index is -4.54. The van der Waals surface area contributed by atoms with E-state index in [0.717, 1.165) is 15.9 Å². The lowest BCUT2D eigenvalue weighted by Crippen LogP contribution is -2.31. The van der Waals surface area contributed by atoms with E-state index in [-0.39, 0.29) is 28.4 Å². The van der Waals surface area contributed by atoms with Gasteiger partial charge in [0.05, 0.1) is 9.79 Å². The number of nitrogens with zero attached hydrogens (tertiary/aromatic N) is 1. The Morgan fingerprint density at radius 3 is 2.00 bits per heavy atom. The van der Waals surface area contributed by atoms with Gasteiger partial charge < -0.3 is 5.11 Å². The van der Waals surface area contributed by atoms with Crippen LogP contribution in [0.2, 0.25) is 0 Å². The summed E-state index contributed by atoms with van der Waals surface area (Å²) in [6, 6.07) is 16.9. The predicted octanol–water partition coefficient (Wildman–Crippen LogP) is 6.61. The minimum Gasteiger partial charge on any atom is -0.480 e. The zero-order valence-electron chi connectivity index (χ0n) is 23.3. The second kappa shape index (κ2) is 12.2. The highest BCUT2D eigenvalue weighted by Crippen LogP contribution is 2.35. The Hall–Kier alpha value is -3.52. The van der Waals surface area contributed by atoms with Crippen LogP contribution in [0.25, 0.3) is 11.1 Å². The Morgan fingerprint density at radius 1 is 0.837 bits per heavy atom. The van der Waals surface area contributed by atoms with E-state index >= 15 is 0 Å². The molecule has 1 heterocycles. The highest BCUT2D eigenvalue weighted by molar-refractivity contribution is 7.92. The number of alkyl halides is 3. The van der Waals surface area contributed by atoms with Crippen LogP contribution in [-0.2, 0) is 43.9 Å². The highest BCUT2D eigenvalue weighted by Gasteiger charge is 2.34. The average molecular weight is 652 g/mol. The van der Waals surface area contributed by atoms with E-state index in [4.69, 9.17) is 5.11 Å². The summed E-state index contributed by atoms with van der Waals surface area (Å²) in [6.07, 6.45) is -4.54. The number of carboxylic acids is 1. The van der Waals surface area contributed by atoms with Crippen molar-refractivity contribution in [2.45, 2.75) is 49.8 Å². The Kier molecular flexibility index (Phi) is 9.21. The molecule has 4 aromatic rings. The number of thiophene rings is 1. The van der Waals surface area contributed by atoms with Crippen LogP contribution in [0, 0.1) is 20.8 Å². The number of halogens is 3. The third-order valence-electron chi connectivity index (χ3n) is 6.65. The molecule has 0 saturated carbocycles. The van der Waals surface area contributed by atoms with Crippen molar-refractivity contribution in [1.29, 1.82) is 0 Å². The van der Waals surface area contributed by atoms with Gasteiger partial charge in [0.1, 0.15) is 4.88 Å². The number of hydrogen-bond donors (Lipinski definition) is 1. The molecule has 0 aliphatic carbocycles. The van der Waals surface area contributed by atoms with E-state index in [1.807, 2.05) is 6.92 Å². The number of aliphatic carboxylic acids is 1. The molecule has 228 valence electrons. The molecule has 7 nitrogen and oxygen atoms in total. The van der Waals surface area contributed by atoms with Gasteiger partial charge in [0.2, 0.25) is 10.0 Å². The Bertz CT molecular complexity index is 1860. The van der Waals surface area contributed by atoms with Crippen molar-refractivity contribution in [2.24, 2.45) is 0 Å². The molecule has 13 heteroatoms. The maximum atomic E-state index is 14.0. The number of aryl methyl sites for hydroxylation is 3. The van der Waals surface area contributed by atoms with Gasteiger partial charge in [0.25, 0.3) is 0 Å². The minimum absolute atomic E-state index is 0.0976. The van der Waals surface area contributed by atoms with Crippen LogP contribution < -0.4 is 0 Å². The van der Waals surface area contributed by atoms with Gasteiger partial charge in [-0.1, -0.05) is 54.1 Å². The molecule has 0 unspecified atom stereocenters. The molecule has 43 heavy (non-hydrogen) atoms. The number of benzene rings is 3. The van der Waals surface area contributed by atoms with E-state index in [9.17, 15) is 34.8 Å². The fraction of sp³-hybridized carbons (Fsp3) is 0.233. The van der Waals surface area contributed by atoms with Crippen molar-refractivity contribution in [3.63, 3.8) is 0 Å². The second-order valence-corrected chi connectivity index (χ2v) is 15.0. The van der Waals surface area contributed by atoms with Crippen LogP contribution >= 0.6 is 11.3 Å². The quantitative estimate of drug-likeness (QED) is 0.207. The van der Waals surface area contributed by atoms with Crippen LogP contribution in [0.3, 0.4) is 0 Å². The maximum Gasteiger partial charge on any atom is 0.425 e. The zero-order chi connectivity index (χ0) is 31.7. The molecule has 0 spiro atoms. The van der Waals surface area contributed by atoms with Crippen LogP contribution in [-0.4, -0.2) is 38.0 Å². The summed E-state index contributed by atoms with van der Waals surface area (Å²) in [4.78, 5) is 10.1. The molecule has 4 rings (SSSR count). The Labute approximate surface area is 252 Å². The maximum absolute atomic E-state index is 14.0. The van der Waals surface area contributed by atoms with Gasteiger partial charge in [0, 0.05) is 13.1 Å². The fourth-order valence-electron chi connectivity index (χ4n) is 4.86. The Morgan fingerprint density at radius 2 is 1.44 bits per heavy atom. The lowest BCUT2D eigenvalue weighted by molar-refractivity contribution is -0.135. The van der Waals surface area contributed by atoms with Crippen molar-refractivity contribution in [3.8, 4) is 11.1 Å². The number of carboxylic acid groups (broad SMARTS) is 1. The molecule has 0 saturated heterocycles. The van der Waals surface area contributed by atoms with Gasteiger partial charge in [-0.25, -0.2) is 16.8 Å². The average Bonchev–Trinajstić information content (AvgIpc) is 3.37. The molecule has 1 aromatic heterocycles. The molecule has 0 aliphatic rings. The summed E-state index contributed by atoms with van der Waals surface area (Å²) < 4.78 is 93.7. The van der Waals surface area contributed by atoms with Gasteiger partial charge in [0.15, 0.2) is 15.6 Å². The van der Waals surface area contributed by atoms with Gasteiger partial charge in [-0.3, -0.25) is 4.79 Å². The highest BCUT2D eigenvalue weighted by atomic mass is 32.2. The van der Waals surface area contributed by atoms with Crippen LogP contribution in [0.5, 0.6) is 0 Å². The molecule has 0 atom stereocenters. The number of rotatable bonds is 10. The molecule has 0 amide bonds. The third-order valence-corrected chi connectivity index (χ3v) is 11.4. The largest absolute Gasteiger partial charge is 0.480 e. The van der Waals surface area contributed by atoms with Crippen molar-refractivity contribution in [1.82, 2.24) is 4.31 Å². The van der Waals surface area contributed by atoms with Gasteiger partial charge >= 0.3 is 12.1 Å². The van der Waals surface area contributed by atoms with Crippen molar-refractivity contribution < 1.29 is 39.9 Å². The molecule has 0 radical (unpaired) electrons. The molecular weight excluding hydrogens is 624 g/mol. The van der Waals surface area contributed by atoms with Crippen LogP contribution in [0.15, 0.2) is 81.9 Å². The van der Waals surface area contributed by atoms with Crippen molar-refractivity contribution in [3.05, 3.63) is 105 Å². The van der Waals surface area contributed by atoms with E-state index < -0.39 is 42.6 Å². The number of sulfone groups is 1. The van der Waals surface area contributed by atoms with Gasteiger partial charge in [-0.2, -0.15) is 17.5 Å².